The summed E-state index contributed by atoms with van der Waals surface area (Å²) in [5.41, 5.74) is 1.51. The molecule has 30 heavy (non-hydrogen) atoms. The number of tetrazole rings is 1. The van der Waals surface area contributed by atoms with Gasteiger partial charge in [-0.15, -0.1) is 5.10 Å². The van der Waals surface area contributed by atoms with E-state index in [2.05, 4.69) is 20.8 Å². The summed E-state index contributed by atoms with van der Waals surface area (Å²) in [6.07, 6.45) is 0. The third-order valence-electron chi connectivity index (χ3n) is 4.37. The van der Waals surface area contributed by atoms with Crippen molar-refractivity contribution in [1.29, 1.82) is 0 Å². The maximum absolute atomic E-state index is 12.5. The number of carbonyl (C=O) groups excluding carboxylic acids is 2. The molecule has 1 amide bonds. The summed E-state index contributed by atoms with van der Waals surface area (Å²) in [5.74, 6) is -0.733. The van der Waals surface area contributed by atoms with Crippen LogP contribution in [-0.4, -0.2) is 44.9 Å². The van der Waals surface area contributed by atoms with Gasteiger partial charge in [-0.25, -0.2) is 4.79 Å². The van der Waals surface area contributed by atoms with Gasteiger partial charge < -0.3 is 10.1 Å². The number of nitrogens with one attached hydrogen (secondary N) is 1. The molecule has 0 saturated heterocycles. The van der Waals surface area contributed by atoms with E-state index in [0.717, 1.165) is 16.5 Å². The summed E-state index contributed by atoms with van der Waals surface area (Å²) in [6.45, 7) is 0. The van der Waals surface area contributed by atoms with Crippen LogP contribution < -0.4 is 5.32 Å². The van der Waals surface area contributed by atoms with E-state index in [4.69, 9.17) is 4.74 Å². The number of thioether (sulfide) groups is 1. The Labute approximate surface area is 176 Å². The van der Waals surface area contributed by atoms with Gasteiger partial charge in [0.1, 0.15) is 0 Å². The zero-order valence-electron chi connectivity index (χ0n) is 16.0. The van der Waals surface area contributed by atoms with Gasteiger partial charge in [-0.3, -0.25) is 4.79 Å². The molecule has 0 spiro atoms. The summed E-state index contributed by atoms with van der Waals surface area (Å²) in [5, 5.41) is 17.2. The minimum Gasteiger partial charge on any atom is -0.465 e. The number of ether oxygens (including phenoxy) is 1. The summed E-state index contributed by atoms with van der Waals surface area (Å²) in [7, 11) is 1.30. The molecule has 8 nitrogen and oxygen atoms in total. The van der Waals surface area contributed by atoms with Crippen LogP contribution in [0, 0.1) is 0 Å². The fourth-order valence-corrected chi connectivity index (χ4v) is 3.69. The summed E-state index contributed by atoms with van der Waals surface area (Å²) < 4.78 is 6.37. The fourth-order valence-electron chi connectivity index (χ4n) is 3.01. The van der Waals surface area contributed by atoms with Crippen molar-refractivity contribution in [2.75, 3.05) is 18.2 Å². The Bertz CT molecular complexity index is 1220. The highest BCUT2D eigenvalue weighted by atomic mass is 32.2. The van der Waals surface area contributed by atoms with E-state index in [9.17, 15) is 9.59 Å². The van der Waals surface area contributed by atoms with Crippen LogP contribution in [0.15, 0.2) is 71.9 Å². The number of esters is 1. The molecule has 1 heterocycles. The lowest BCUT2D eigenvalue weighted by molar-refractivity contribution is -0.113. The highest BCUT2D eigenvalue weighted by Gasteiger charge is 2.16. The molecule has 0 unspecified atom stereocenters. The van der Waals surface area contributed by atoms with Gasteiger partial charge in [0.05, 0.1) is 29.8 Å². The number of carbonyl (C=O) groups is 2. The predicted molar refractivity (Wildman–Crippen MR) is 114 cm³/mol. The molecular formula is C21H17N5O3S. The van der Waals surface area contributed by atoms with Crippen molar-refractivity contribution in [3.63, 3.8) is 0 Å². The number of rotatable bonds is 6. The number of hydrogen-bond acceptors (Lipinski definition) is 7. The van der Waals surface area contributed by atoms with E-state index in [1.165, 1.54) is 18.9 Å². The number of benzene rings is 3. The first-order chi connectivity index (χ1) is 14.7. The number of methoxy groups -OCH3 is 1. The van der Waals surface area contributed by atoms with Crippen LogP contribution in [0.5, 0.6) is 0 Å². The van der Waals surface area contributed by atoms with E-state index in [-0.39, 0.29) is 11.7 Å². The molecule has 150 valence electrons. The van der Waals surface area contributed by atoms with Crippen LogP contribution in [0.1, 0.15) is 10.4 Å². The summed E-state index contributed by atoms with van der Waals surface area (Å²) in [6, 6.07) is 20.5. The topological polar surface area (TPSA) is 99.0 Å². The molecule has 0 aliphatic rings. The lowest BCUT2D eigenvalue weighted by Gasteiger charge is -2.10. The Morgan fingerprint density at radius 2 is 1.80 bits per heavy atom. The van der Waals surface area contributed by atoms with Crippen molar-refractivity contribution >= 4 is 40.1 Å². The van der Waals surface area contributed by atoms with Crippen LogP contribution in [-0.2, 0) is 9.53 Å². The smallest absolute Gasteiger partial charge is 0.339 e. The molecule has 9 heteroatoms. The Hall–Kier alpha value is -3.72. The maximum Gasteiger partial charge on any atom is 0.339 e. The number of aromatic nitrogens is 4. The number of nitrogens with zero attached hydrogens (tertiary/aromatic N) is 4. The van der Waals surface area contributed by atoms with Crippen LogP contribution in [0.4, 0.5) is 5.69 Å². The third kappa shape index (κ3) is 4.01. The van der Waals surface area contributed by atoms with Crippen LogP contribution in [0.25, 0.3) is 16.5 Å². The Morgan fingerprint density at radius 3 is 2.67 bits per heavy atom. The SMILES string of the molecule is COC(=O)c1ccccc1NC(=O)CSc1nnnn1-c1cccc2ccccc12. The number of amides is 1. The highest BCUT2D eigenvalue weighted by Crippen LogP contribution is 2.25. The Morgan fingerprint density at radius 1 is 1.03 bits per heavy atom. The largest absolute Gasteiger partial charge is 0.465 e. The molecule has 0 saturated carbocycles. The molecule has 1 aromatic heterocycles. The second-order valence-electron chi connectivity index (χ2n) is 6.25. The maximum atomic E-state index is 12.5. The number of para-hydroxylation sites is 1. The zero-order chi connectivity index (χ0) is 20.9. The second-order valence-corrected chi connectivity index (χ2v) is 7.19. The highest BCUT2D eigenvalue weighted by molar-refractivity contribution is 7.99. The minimum atomic E-state index is -0.515. The molecule has 0 aliphatic heterocycles. The van der Waals surface area contributed by atoms with Crippen molar-refractivity contribution in [3.05, 3.63) is 72.3 Å². The molecule has 4 aromatic rings. The third-order valence-corrected chi connectivity index (χ3v) is 5.29. The molecule has 3 aromatic carbocycles. The minimum absolute atomic E-state index is 0.0701. The number of fused-ring (bicyclic) bond motifs is 1. The van der Waals surface area contributed by atoms with E-state index in [1.807, 2.05) is 42.5 Å². The monoisotopic (exact) mass is 419 g/mol. The average Bonchev–Trinajstić information content (AvgIpc) is 3.25. The molecule has 0 aliphatic carbocycles. The van der Waals surface area contributed by atoms with Gasteiger partial charge in [-0.05, 0) is 34.0 Å². The van der Waals surface area contributed by atoms with Gasteiger partial charge in [0.25, 0.3) is 0 Å². The Balaban J connectivity index is 1.51. The van der Waals surface area contributed by atoms with Crippen LogP contribution >= 0.6 is 11.8 Å². The van der Waals surface area contributed by atoms with Gasteiger partial charge in [0, 0.05) is 5.39 Å². The fraction of sp³-hybridized carbons (Fsp3) is 0.0952. The lowest BCUT2D eigenvalue weighted by Crippen LogP contribution is -2.17. The molecular weight excluding hydrogens is 402 g/mol. The molecule has 0 atom stereocenters. The summed E-state index contributed by atoms with van der Waals surface area (Å²) >= 11 is 1.20. The first-order valence-electron chi connectivity index (χ1n) is 9.04. The Kier molecular flexibility index (Phi) is 5.71. The second kappa shape index (κ2) is 8.75. The van der Waals surface area contributed by atoms with Crippen molar-refractivity contribution in [3.8, 4) is 5.69 Å². The standard InChI is InChI=1S/C21H17N5O3S/c1-29-20(28)16-10-4-5-11-17(16)22-19(27)13-30-21-23-24-25-26(21)18-12-6-8-14-7-2-3-9-15(14)18/h2-12H,13H2,1H3,(H,22,27). The summed E-state index contributed by atoms with van der Waals surface area (Å²) in [4.78, 5) is 24.3. The molecule has 1 N–H and O–H groups in total. The van der Waals surface area contributed by atoms with Gasteiger partial charge >= 0.3 is 5.97 Å². The van der Waals surface area contributed by atoms with E-state index in [1.54, 1.807) is 28.9 Å². The van der Waals surface area contributed by atoms with Crippen molar-refractivity contribution in [2.45, 2.75) is 5.16 Å². The van der Waals surface area contributed by atoms with Gasteiger partial charge in [0.2, 0.25) is 11.1 Å². The van der Waals surface area contributed by atoms with Crippen LogP contribution in [0.2, 0.25) is 0 Å². The van der Waals surface area contributed by atoms with Gasteiger partial charge in [-0.1, -0.05) is 60.3 Å². The van der Waals surface area contributed by atoms with Crippen molar-refractivity contribution in [2.24, 2.45) is 0 Å². The predicted octanol–water partition coefficient (Wildman–Crippen LogP) is 3.33. The normalized spacial score (nSPS) is 10.7. The first kappa shape index (κ1) is 19.6. The van der Waals surface area contributed by atoms with E-state index >= 15 is 0 Å². The molecule has 0 bridgehead atoms. The lowest BCUT2D eigenvalue weighted by atomic mass is 10.1. The van der Waals surface area contributed by atoms with Crippen molar-refractivity contribution in [1.82, 2.24) is 20.2 Å². The molecule has 0 radical (unpaired) electrons. The molecule has 4 rings (SSSR count). The quantitative estimate of drug-likeness (QED) is 0.378. The number of hydrogen-bond donors (Lipinski definition) is 1. The number of anilines is 1. The van der Waals surface area contributed by atoms with Crippen LogP contribution in [0.3, 0.4) is 0 Å². The average molecular weight is 419 g/mol. The van der Waals surface area contributed by atoms with Gasteiger partial charge in [-0.2, -0.15) is 4.68 Å². The van der Waals surface area contributed by atoms with Gasteiger partial charge in [0.15, 0.2) is 0 Å². The zero-order valence-corrected chi connectivity index (χ0v) is 16.8. The van der Waals surface area contributed by atoms with E-state index in [0.29, 0.717) is 16.4 Å². The van der Waals surface area contributed by atoms with Crippen molar-refractivity contribution < 1.29 is 14.3 Å². The molecule has 0 fully saturated rings. The van der Waals surface area contributed by atoms with E-state index < -0.39 is 5.97 Å². The first-order valence-corrected chi connectivity index (χ1v) is 10.0.